The maximum atomic E-state index is 12.9. The van der Waals surface area contributed by atoms with Crippen LogP contribution in [0.25, 0.3) is 0 Å². The van der Waals surface area contributed by atoms with Gasteiger partial charge in [0.25, 0.3) is 0 Å². The molecule has 0 nitrogen and oxygen atoms in total. The van der Waals surface area contributed by atoms with Crippen molar-refractivity contribution in [3.05, 3.63) is 35.4 Å². The van der Waals surface area contributed by atoms with Crippen LogP contribution in [0.1, 0.15) is 51.2 Å². The Morgan fingerprint density at radius 1 is 0.947 bits per heavy atom. The van der Waals surface area contributed by atoms with Gasteiger partial charge < -0.3 is 12.9 Å². The summed E-state index contributed by atoms with van der Waals surface area (Å²) in [5.74, 6) is 0. The number of benzene rings is 1. The van der Waals surface area contributed by atoms with Crippen LogP contribution in [0.3, 0.4) is 0 Å². The molecule has 3 fully saturated rings. The molecule has 0 aliphatic heterocycles. The molecule has 0 aromatic heterocycles. The van der Waals surface area contributed by atoms with Gasteiger partial charge in [-0.3, -0.25) is 0 Å². The van der Waals surface area contributed by atoms with Crippen molar-refractivity contribution in [2.24, 2.45) is 0 Å². The summed E-state index contributed by atoms with van der Waals surface area (Å²) in [4.78, 5) is 0. The summed E-state index contributed by atoms with van der Waals surface area (Å²) < 4.78 is 38.7. The van der Waals surface area contributed by atoms with Crippen LogP contribution in [0.4, 0.5) is 12.9 Å². The first-order valence-electron chi connectivity index (χ1n) is 6.89. The summed E-state index contributed by atoms with van der Waals surface area (Å²) in [6, 6.07) is 8.21. The number of hydrogen-bond donors (Lipinski definition) is 0. The number of hydrogen-bond acceptors (Lipinski definition) is 0. The van der Waals surface area contributed by atoms with E-state index in [1.165, 1.54) is 5.56 Å². The molecular weight excluding hydrogens is 248 g/mol. The van der Waals surface area contributed by atoms with E-state index in [1.807, 2.05) is 12.1 Å². The van der Waals surface area contributed by atoms with E-state index in [0.717, 1.165) is 5.56 Å². The van der Waals surface area contributed by atoms with Crippen LogP contribution in [0.5, 0.6) is 0 Å². The van der Waals surface area contributed by atoms with Crippen molar-refractivity contribution < 1.29 is 12.9 Å². The van der Waals surface area contributed by atoms with Crippen LogP contribution >= 0.6 is 0 Å². The summed E-state index contributed by atoms with van der Waals surface area (Å²) in [5.41, 5.74) is 2.27. The molecule has 0 radical (unpaired) electrons. The minimum Gasteiger partial charge on any atom is -0.449 e. The minimum absolute atomic E-state index is 0.0915. The van der Waals surface area contributed by atoms with Crippen LogP contribution in [0.15, 0.2) is 24.3 Å². The first-order chi connectivity index (χ1) is 8.58. The van der Waals surface area contributed by atoms with Gasteiger partial charge in [0.1, 0.15) is 0 Å². The molecule has 104 valence electrons. The molecule has 0 amide bonds. The lowest BCUT2D eigenvalue weighted by Gasteiger charge is -2.75. The Morgan fingerprint density at radius 3 is 1.79 bits per heavy atom. The lowest BCUT2D eigenvalue weighted by Crippen LogP contribution is -2.67. The van der Waals surface area contributed by atoms with Gasteiger partial charge in [-0.1, -0.05) is 69.6 Å². The van der Waals surface area contributed by atoms with E-state index < -0.39 is 12.3 Å². The van der Waals surface area contributed by atoms with Gasteiger partial charge in [0.15, 0.2) is 0 Å². The van der Waals surface area contributed by atoms with E-state index >= 15 is 0 Å². The van der Waals surface area contributed by atoms with Gasteiger partial charge in [-0.15, -0.1) is 0 Å². The Bertz CT molecular complexity index is 488. The highest BCUT2D eigenvalue weighted by molar-refractivity contribution is 6.63. The van der Waals surface area contributed by atoms with Crippen LogP contribution in [-0.4, -0.2) is 6.98 Å². The predicted molar refractivity (Wildman–Crippen MR) is 72.4 cm³/mol. The molecule has 1 aromatic rings. The average molecular weight is 267 g/mol. The van der Waals surface area contributed by atoms with E-state index in [9.17, 15) is 12.9 Å². The van der Waals surface area contributed by atoms with E-state index in [4.69, 9.17) is 0 Å². The molecule has 4 heteroatoms. The maximum Gasteiger partial charge on any atom is 0.484 e. The number of rotatable bonds is 2. The van der Waals surface area contributed by atoms with Gasteiger partial charge in [0.05, 0.1) is 0 Å². The molecule has 0 heterocycles. The van der Waals surface area contributed by atoms with Crippen molar-refractivity contribution in [1.29, 1.82) is 0 Å². The predicted octanol–water partition coefficient (Wildman–Crippen LogP) is 5.01. The smallest absolute Gasteiger partial charge is 0.449 e. The summed E-state index contributed by atoms with van der Waals surface area (Å²) in [6.07, 6.45) is 0.953. The monoisotopic (exact) mass is 267 g/mol. The van der Waals surface area contributed by atoms with Crippen LogP contribution in [-0.2, 0) is 10.8 Å². The SMILES string of the molecule is CC(C)(C)c1ccc(C23CC([B-](F)(F)F)(C2)C3)cc1. The molecular formula is C15H19BF3-. The average Bonchev–Trinajstić information content (AvgIpc) is 2.10. The molecule has 0 unspecified atom stereocenters. The summed E-state index contributed by atoms with van der Waals surface area (Å²) in [5, 5.41) is -1.29. The molecule has 1 aromatic carbocycles. The molecule has 4 rings (SSSR count). The van der Waals surface area contributed by atoms with Crippen LogP contribution in [0.2, 0.25) is 5.31 Å². The second-order valence-electron chi connectivity index (χ2n) is 7.58. The molecule has 19 heavy (non-hydrogen) atoms. The third kappa shape index (κ3) is 1.68. The lowest BCUT2D eigenvalue weighted by atomic mass is 9.23. The van der Waals surface area contributed by atoms with Crippen molar-refractivity contribution in [2.75, 3.05) is 0 Å². The highest BCUT2D eigenvalue weighted by Gasteiger charge is 2.74. The lowest BCUT2D eigenvalue weighted by molar-refractivity contribution is -0.0400. The Morgan fingerprint density at radius 2 is 1.42 bits per heavy atom. The zero-order chi connectivity index (χ0) is 14.1. The minimum atomic E-state index is -4.66. The van der Waals surface area contributed by atoms with Gasteiger partial charge in [0, 0.05) is 0 Å². The highest BCUT2D eigenvalue weighted by Crippen LogP contribution is 2.82. The molecule has 0 saturated heterocycles. The van der Waals surface area contributed by atoms with E-state index in [-0.39, 0.29) is 10.8 Å². The summed E-state index contributed by atoms with van der Waals surface area (Å²) in [6.45, 7) is 1.77. The first kappa shape index (κ1) is 13.1. The fourth-order valence-corrected chi connectivity index (χ4v) is 3.84. The summed E-state index contributed by atoms with van der Waals surface area (Å²) >= 11 is 0. The first-order valence-corrected chi connectivity index (χ1v) is 6.89. The second-order valence-corrected chi connectivity index (χ2v) is 7.58. The van der Waals surface area contributed by atoms with Gasteiger partial charge in [-0.2, -0.15) is 0 Å². The topological polar surface area (TPSA) is 0 Å². The van der Waals surface area contributed by atoms with E-state index in [0.29, 0.717) is 19.3 Å². The van der Waals surface area contributed by atoms with Crippen LogP contribution in [0, 0.1) is 0 Å². The zero-order valence-corrected chi connectivity index (χ0v) is 11.6. The standard InChI is InChI=1S/C15H19BF3/c1-13(2,3)11-4-6-12(7-5-11)14-8-15(9-14,10-14)16(17,18)19/h4-7H,8-10H2,1-3H3/q-1. The van der Waals surface area contributed by atoms with Crippen molar-refractivity contribution in [3.63, 3.8) is 0 Å². The van der Waals surface area contributed by atoms with Crippen molar-refractivity contribution in [2.45, 2.75) is 56.2 Å². The fraction of sp³-hybridized carbons (Fsp3) is 0.600. The van der Waals surface area contributed by atoms with Crippen molar-refractivity contribution in [3.8, 4) is 0 Å². The molecule has 0 atom stereocenters. The Kier molecular flexibility index (Phi) is 2.33. The molecule has 3 saturated carbocycles. The Hall–Kier alpha value is -0.925. The third-order valence-electron chi connectivity index (χ3n) is 5.13. The normalized spacial score (nSPS) is 33.6. The molecule has 3 aliphatic rings. The largest absolute Gasteiger partial charge is 0.484 e. The second kappa shape index (κ2) is 3.39. The molecule has 0 N–H and O–H groups in total. The summed E-state index contributed by atoms with van der Waals surface area (Å²) in [7, 11) is 0. The van der Waals surface area contributed by atoms with E-state index in [2.05, 4.69) is 32.9 Å². The Labute approximate surface area is 112 Å². The third-order valence-corrected chi connectivity index (χ3v) is 5.13. The molecule has 0 spiro atoms. The zero-order valence-electron chi connectivity index (χ0n) is 11.6. The maximum absolute atomic E-state index is 12.9. The van der Waals surface area contributed by atoms with Gasteiger partial charge in [0.2, 0.25) is 0 Å². The molecule has 3 aliphatic carbocycles. The highest BCUT2D eigenvalue weighted by atomic mass is 19.4. The number of halogens is 3. The quantitative estimate of drug-likeness (QED) is 0.661. The van der Waals surface area contributed by atoms with E-state index in [1.54, 1.807) is 0 Å². The van der Waals surface area contributed by atoms with Crippen molar-refractivity contribution in [1.82, 2.24) is 0 Å². The molecule has 2 bridgehead atoms. The van der Waals surface area contributed by atoms with Crippen molar-refractivity contribution >= 4 is 6.98 Å². The van der Waals surface area contributed by atoms with Gasteiger partial charge in [-0.25, -0.2) is 0 Å². The van der Waals surface area contributed by atoms with Gasteiger partial charge >= 0.3 is 6.98 Å². The van der Waals surface area contributed by atoms with Gasteiger partial charge in [-0.05, 0) is 22.0 Å². The fourth-order valence-electron chi connectivity index (χ4n) is 3.84. The Balaban J connectivity index is 1.78. The van der Waals surface area contributed by atoms with Crippen LogP contribution < -0.4 is 0 Å².